The number of para-hydroxylation sites is 1. The molecule has 0 aliphatic carbocycles. The molecule has 0 aromatic heterocycles. The van der Waals surface area contributed by atoms with Crippen molar-refractivity contribution in [3.05, 3.63) is 77.9 Å². The molecule has 3 aromatic carbocycles. The summed E-state index contributed by atoms with van der Waals surface area (Å²) in [6.45, 7) is 1.72. The number of carbonyl (C=O) groups excluding carboxylic acids is 3. The summed E-state index contributed by atoms with van der Waals surface area (Å²) in [5, 5.41) is 9.14. The highest BCUT2D eigenvalue weighted by Gasteiger charge is 2.14. The molecule has 0 saturated carbocycles. The van der Waals surface area contributed by atoms with Gasteiger partial charge < -0.3 is 24.8 Å². The predicted molar refractivity (Wildman–Crippen MR) is 140 cm³/mol. The first-order chi connectivity index (χ1) is 17.9. The van der Waals surface area contributed by atoms with Crippen LogP contribution < -0.4 is 30.3 Å². The van der Waals surface area contributed by atoms with E-state index in [-0.39, 0.29) is 12.5 Å². The Morgan fingerprint density at radius 2 is 1.62 bits per heavy atom. The Bertz CT molecular complexity index is 1270. The zero-order chi connectivity index (χ0) is 26.6. The summed E-state index contributed by atoms with van der Waals surface area (Å²) in [4.78, 5) is 36.5. The van der Waals surface area contributed by atoms with Gasteiger partial charge in [0.15, 0.2) is 18.1 Å². The van der Waals surface area contributed by atoms with Crippen LogP contribution in [-0.4, -0.2) is 44.8 Å². The number of hydrogen-bond acceptors (Lipinski definition) is 7. The van der Waals surface area contributed by atoms with Crippen molar-refractivity contribution in [1.82, 2.24) is 5.43 Å². The van der Waals surface area contributed by atoms with Crippen LogP contribution >= 0.6 is 0 Å². The minimum absolute atomic E-state index is 0.234. The predicted octanol–water partition coefficient (Wildman–Crippen LogP) is 3.37. The van der Waals surface area contributed by atoms with Gasteiger partial charge in [-0.05, 0) is 66.1 Å². The molecule has 0 bridgehead atoms. The van der Waals surface area contributed by atoms with Gasteiger partial charge in [0.2, 0.25) is 0 Å². The number of nitrogens with one attached hydrogen (secondary N) is 3. The lowest BCUT2D eigenvalue weighted by Crippen LogP contribution is -2.32. The van der Waals surface area contributed by atoms with E-state index in [1.165, 1.54) is 13.3 Å². The first-order valence-electron chi connectivity index (χ1n) is 11.4. The van der Waals surface area contributed by atoms with Crippen LogP contribution in [0.3, 0.4) is 0 Å². The molecular weight excluding hydrogens is 476 g/mol. The second-order valence-electron chi connectivity index (χ2n) is 7.64. The maximum absolute atomic E-state index is 12.2. The van der Waals surface area contributed by atoms with Gasteiger partial charge in [-0.1, -0.05) is 25.1 Å². The van der Waals surface area contributed by atoms with Crippen LogP contribution in [0, 0.1) is 0 Å². The van der Waals surface area contributed by atoms with Crippen molar-refractivity contribution in [2.24, 2.45) is 5.10 Å². The third-order valence-corrected chi connectivity index (χ3v) is 5.15. The number of anilines is 2. The lowest BCUT2D eigenvalue weighted by atomic mass is 10.1. The second-order valence-corrected chi connectivity index (χ2v) is 7.64. The van der Waals surface area contributed by atoms with Crippen molar-refractivity contribution in [3.63, 3.8) is 0 Å². The molecule has 3 aromatic rings. The van der Waals surface area contributed by atoms with E-state index in [4.69, 9.17) is 14.2 Å². The number of methoxy groups -OCH3 is 2. The van der Waals surface area contributed by atoms with Crippen LogP contribution in [0.1, 0.15) is 18.1 Å². The number of hydrogen-bond donors (Lipinski definition) is 3. The van der Waals surface area contributed by atoms with Gasteiger partial charge in [-0.25, -0.2) is 5.43 Å². The molecule has 0 radical (unpaired) electrons. The highest BCUT2D eigenvalue weighted by molar-refractivity contribution is 6.39. The summed E-state index contributed by atoms with van der Waals surface area (Å²) in [6, 6.07) is 19.0. The molecule has 0 unspecified atom stereocenters. The number of carbonyl (C=O) groups is 3. The van der Waals surface area contributed by atoms with Crippen molar-refractivity contribution in [1.29, 1.82) is 0 Å². The summed E-state index contributed by atoms with van der Waals surface area (Å²) in [7, 11) is 3.02. The molecular formula is C27H28N4O6. The van der Waals surface area contributed by atoms with E-state index in [2.05, 4.69) is 21.2 Å². The van der Waals surface area contributed by atoms with Gasteiger partial charge in [0.05, 0.1) is 20.4 Å². The van der Waals surface area contributed by atoms with Crippen LogP contribution in [0.15, 0.2) is 71.8 Å². The maximum atomic E-state index is 12.2. The Balaban J connectivity index is 1.52. The van der Waals surface area contributed by atoms with E-state index < -0.39 is 11.8 Å². The first kappa shape index (κ1) is 26.7. The molecule has 0 atom stereocenters. The fourth-order valence-corrected chi connectivity index (χ4v) is 3.24. The fourth-order valence-electron chi connectivity index (χ4n) is 3.24. The molecule has 3 rings (SSSR count). The number of amides is 3. The fraction of sp³-hybridized carbons (Fsp3) is 0.185. The lowest BCUT2D eigenvalue weighted by molar-refractivity contribution is -0.136. The van der Waals surface area contributed by atoms with Crippen molar-refractivity contribution < 1.29 is 28.6 Å². The Morgan fingerprint density at radius 3 is 2.32 bits per heavy atom. The van der Waals surface area contributed by atoms with E-state index in [0.717, 1.165) is 5.56 Å². The topological polar surface area (TPSA) is 127 Å². The quantitative estimate of drug-likeness (QED) is 0.221. The van der Waals surface area contributed by atoms with Crippen molar-refractivity contribution in [2.45, 2.75) is 13.3 Å². The molecule has 192 valence electrons. The summed E-state index contributed by atoms with van der Waals surface area (Å²) in [6.07, 6.45) is 2.07. The van der Waals surface area contributed by atoms with Gasteiger partial charge >= 0.3 is 11.8 Å². The van der Waals surface area contributed by atoms with Crippen LogP contribution in [-0.2, 0) is 20.8 Å². The summed E-state index contributed by atoms with van der Waals surface area (Å²) < 4.78 is 16.0. The van der Waals surface area contributed by atoms with Gasteiger partial charge in [0.25, 0.3) is 5.91 Å². The largest absolute Gasteiger partial charge is 0.497 e. The molecule has 3 N–H and O–H groups in total. The number of ether oxygens (including phenoxy) is 3. The van der Waals surface area contributed by atoms with E-state index in [1.54, 1.807) is 61.7 Å². The normalized spacial score (nSPS) is 10.5. The second kappa shape index (κ2) is 13.3. The molecule has 0 saturated heterocycles. The number of nitrogens with zero attached hydrogens (tertiary/aromatic N) is 1. The van der Waals surface area contributed by atoms with Crippen LogP contribution in [0.5, 0.6) is 17.2 Å². The highest BCUT2D eigenvalue weighted by atomic mass is 16.5. The monoisotopic (exact) mass is 504 g/mol. The van der Waals surface area contributed by atoms with Crippen LogP contribution in [0.25, 0.3) is 0 Å². The molecule has 3 amide bonds. The zero-order valence-electron chi connectivity index (χ0n) is 20.7. The smallest absolute Gasteiger partial charge is 0.329 e. The zero-order valence-corrected chi connectivity index (χ0v) is 20.7. The van der Waals surface area contributed by atoms with E-state index in [9.17, 15) is 14.4 Å². The Labute approximate surface area is 214 Å². The van der Waals surface area contributed by atoms with Gasteiger partial charge in [0, 0.05) is 11.4 Å². The number of hydrazone groups is 1. The number of aryl methyl sites for hydroxylation is 1. The van der Waals surface area contributed by atoms with E-state index in [1.807, 2.05) is 19.1 Å². The van der Waals surface area contributed by atoms with Crippen LogP contribution in [0.4, 0.5) is 11.4 Å². The van der Waals surface area contributed by atoms with Gasteiger partial charge in [-0.15, -0.1) is 0 Å². The third kappa shape index (κ3) is 7.82. The molecule has 0 fully saturated rings. The lowest BCUT2D eigenvalue weighted by Gasteiger charge is -2.11. The average molecular weight is 505 g/mol. The molecule has 10 nitrogen and oxygen atoms in total. The molecule has 10 heteroatoms. The number of benzene rings is 3. The maximum Gasteiger partial charge on any atom is 0.329 e. The number of rotatable bonds is 10. The van der Waals surface area contributed by atoms with Gasteiger partial charge in [-0.2, -0.15) is 5.10 Å². The van der Waals surface area contributed by atoms with Gasteiger partial charge in [0.1, 0.15) is 5.75 Å². The van der Waals surface area contributed by atoms with Crippen LogP contribution in [0.2, 0.25) is 0 Å². The first-order valence-corrected chi connectivity index (χ1v) is 11.4. The van der Waals surface area contributed by atoms with Gasteiger partial charge in [-0.3, -0.25) is 14.4 Å². The Hall–Kier alpha value is -4.86. The molecule has 0 aliphatic heterocycles. The Kier molecular flexibility index (Phi) is 9.60. The van der Waals surface area contributed by atoms with E-state index >= 15 is 0 Å². The summed E-state index contributed by atoms with van der Waals surface area (Å²) in [5.41, 5.74) is 4.87. The molecule has 37 heavy (non-hydrogen) atoms. The minimum Gasteiger partial charge on any atom is -0.497 e. The minimum atomic E-state index is -0.906. The SMILES string of the molecule is CCc1ccccc1NC(=O)C(=O)N/N=C\c1ccc(OCC(=O)Nc2ccc(OC)cc2)c(OC)c1. The van der Waals surface area contributed by atoms with Crippen molar-refractivity contribution in [2.75, 3.05) is 31.5 Å². The van der Waals surface area contributed by atoms with Crippen molar-refractivity contribution >= 4 is 35.3 Å². The summed E-state index contributed by atoms with van der Waals surface area (Å²) >= 11 is 0. The molecule has 0 spiro atoms. The molecule has 0 heterocycles. The Morgan fingerprint density at radius 1 is 0.865 bits per heavy atom. The summed E-state index contributed by atoms with van der Waals surface area (Å²) in [5.74, 6) is -0.684. The third-order valence-electron chi connectivity index (χ3n) is 5.15. The average Bonchev–Trinajstić information content (AvgIpc) is 2.92. The standard InChI is InChI=1S/C27H28N4O6/c1-4-19-7-5-6-8-22(19)30-26(33)27(34)31-28-16-18-9-14-23(24(15-18)36-3)37-17-25(32)29-20-10-12-21(35-2)13-11-20/h5-16H,4,17H2,1-3H3,(H,29,32)(H,30,33)(H,31,34)/b28-16-. The molecule has 0 aliphatic rings. The highest BCUT2D eigenvalue weighted by Crippen LogP contribution is 2.27. The van der Waals surface area contributed by atoms with Crippen molar-refractivity contribution in [3.8, 4) is 17.2 Å². The van der Waals surface area contributed by atoms with E-state index in [0.29, 0.717) is 40.6 Å².